The third-order valence-corrected chi connectivity index (χ3v) is 5.58. The van der Waals surface area contributed by atoms with E-state index in [1.54, 1.807) is 25.1 Å². The van der Waals surface area contributed by atoms with Crippen LogP contribution in [-0.4, -0.2) is 48.2 Å². The fraction of sp³-hybridized carbons (Fsp3) is 0.375. The van der Waals surface area contributed by atoms with Gasteiger partial charge in [0.05, 0.1) is 19.1 Å². The number of hydrogen-bond donors (Lipinski definition) is 1. The summed E-state index contributed by atoms with van der Waals surface area (Å²) in [4.78, 5) is 26.4. The molecule has 1 amide bonds. The molecule has 0 aromatic heterocycles. The normalized spacial score (nSPS) is 14.0. The molecule has 31 heavy (non-hydrogen) atoms. The molecule has 0 radical (unpaired) electrons. The van der Waals surface area contributed by atoms with Crippen molar-refractivity contribution in [2.24, 2.45) is 5.92 Å². The minimum Gasteiger partial charge on any atom is -0.493 e. The van der Waals surface area contributed by atoms with Crippen LogP contribution in [0.4, 0.5) is 0 Å². The van der Waals surface area contributed by atoms with Crippen LogP contribution in [0, 0.1) is 5.92 Å². The highest BCUT2D eigenvalue weighted by molar-refractivity contribution is 7.80. The van der Waals surface area contributed by atoms with Gasteiger partial charge in [0.1, 0.15) is 5.75 Å². The molecule has 3 rings (SSSR count). The molecule has 1 N–H and O–H groups in total. The molecule has 1 aliphatic heterocycles. The lowest BCUT2D eigenvalue weighted by Gasteiger charge is -2.32. The summed E-state index contributed by atoms with van der Waals surface area (Å²) in [5.41, 5.74) is 1.69. The number of likely N-dealkylation sites (tertiary alicyclic amines) is 1. The zero-order valence-corrected chi connectivity index (χ0v) is 18.5. The van der Waals surface area contributed by atoms with Crippen molar-refractivity contribution in [2.45, 2.75) is 26.2 Å². The van der Waals surface area contributed by atoms with Crippen molar-refractivity contribution in [1.82, 2.24) is 10.2 Å². The van der Waals surface area contributed by atoms with Gasteiger partial charge >= 0.3 is 5.97 Å². The third kappa shape index (κ3) is 6.79. The standard InChI is InChI=1S/C24H28N2O4S/c1-2-29-23(28)19-11-14-26(15-12-19)24(31)25-22(27)20-9-6-10-21(17-20)30-16-13-18-7-4-3-5-8-18/h3-10,17,19H,2,11-16H2,1H3,(H,25,27,31). The number of esters is 1. The lowest BCUT2D eigenvalue weighted by Crippen LogP contribution is -2.47. The van der Waals surface area contributed by atoms with E-state index in [0.29, 0.717) is 55.6 Å². The van der Waals surface area contributed by atoms with Gasteiger partial charge in [0.2, 0.25) is 0 Å². The number of ether oxygens (including phenoxy) is 2. The van der Waals surface area contributed by atoms with Gasteiger partial charge in [0.25, 0.3) is 5.91 Å². The summed E-state index contributed by atoms with van der Waals surface area (Å²) in [5, 5.41) is 3.17. The molecule has 6 nitrogen and oxygen atoms in total. The zero-order valence-electron chi connectivity index (χ0n) is 17.7. The molecule has 1 saturated heterocycles. The highest BCUT2D eigenvalue weighted by Crippen LogP contribution is 2.19. The summed E-state index contributed by atoms with van der Waals surface area (Å²) in [7, 11) is 0. The maximum atomic E-state index is 12.6. The molecule has 0 bridgehead atoms. The van der Waals surface area contributed by atoms with Crippen LogP contribution in [0.25, 0.3) is 0 Å². The molecule has 0 saturated carbocycles. The Balaban J connectivity index is 1.47. The number of amides is 1. The van der Waals surface area contributed by atoms with E-state index in [1.165, 1.54) is 5.56 Å². The van der Waals surface area contributed by atoms with Crippen molar-refractivity contribution in [3.63, 3.8) is 0 Å². The van der Waals surface area contributed by atoms with Gasteiger partial charge in [-0.3, -0.25) is 14.9 Å². The average molecular weight is 441 g/mol. The van der Waals surface area contributed by atoms with E-state index in [2.05, 4.69) is 17.4 Å². The topological polar surface area (TPSA) is 67.9 Å². The van der Waals surface area contributed by atoms with Crippen LogP contribution in [0.3, 0.4) is 0 Å². The Kier molecular flexibility index (Phi) is 8.41. The number of carbonyl (C=O) groups is 2. The third-order valence-electron chi connectivity index (χ3n) is 5.22. The predicted molar refractivity (Wildman–Crippen MR) is 123 cm³/mol. The van der Waals surface area contributed by atoms with E-state index in [-0.39, 0.29) is 17.8 Å². The van der Waals surface area contributed by atoms with Crippen molar-refractivity contribution < 1.29 is 19.1 Å². The number of benzene rings is 2. The van der Waals surface area contributed by atoms with Gasteiger partial charge in [0.15, 0.2) is 5.11 Å². The maximum absolute atomic E-state index is 12.6. The second-order valence-electron chi connectivity index (χ2n) is 7.38. The first-order valence-electron chi connectivity index (χ1n) is 10.6. The maximum Gasteiger partial charge on any atom is 0.309 e. The first kappa shape index (κ1) is 22.7. The Labute approximate surface area is 188 Å². The lowest BCUT2D eigenvalue weighted by atomic mass is 9.97. The number of thiocarbonyl (C=S) groups is 1. The molecule has 1 aliphatic rings. The summed E-state index contributed by atoms with van der Waals surface area (Å²) in [5.74, 6) is 0.122. The van der Waals surface area contributed by atoms with E-state index < -0.39 is 0 Å². The molecular weight excluding hydrogens is 412 g/mol. The number of hydrogen-bond acceptors (Lipinski definition) is 5. The summed E-state index contributed by atoms with van der Waals surface area (Å²) in [6, 6.07) is 17.2. The summed E-state index contributed by atoms with van der Waals surface area (Å²) < 4.78 is 10.9. The molecule has 0 aliphatic carbocycles. The van der Waals surface area contributed by atoms with Crippen molar-refractivity contribution >= 4 is 29.2 Å². The van der Waals surface area contributed by atoms with Crippen LogP contribution in [0.2, 0.25) is 0 Å². The van der Waals surface area contributed by atoms with Crippen LogP contribution >= 0.6 is 12.2 Å². The number of carbonyl (C=O) groups excluding carboxylic acids is 2. The summed E-state index contributed by atoms with van der Waals surface area (Å²) in [6.45, 7) is 3.96. The monoisotopic (exact) mass is 440 g/mol. The van der Waals surface area contributed by atoms with Gasteiger partial charge in [0, 0.05) is 25.1 Å². The van der Waals surface area contributed by atoms with Gasteiger partial charge in [-0.15, -0.1) is 0 Å². The largest absolute Gasteiger partial charge is 0.493 e. The zero-order chi connectivity index (χ0) is 22.1. The molecule has 1 fully saturated rings. The smallest absolute Gasteiger partial charge is 0.309 e. The Hall–Kier alpha value is -2.93. The summed E-state index contributed by atoms with van der Waals surface area (Å²) >= 11 is 5.41. The van der Waals surface area contributed by atoms with E-state index in [0.717, 1.165) is 6.42 Å². The van der Waals surface area contributed by atoms with E-state index in [9.17, 15) is 9.59 Å². The molecule has 164 valence electrons. The van der Waals surface area contributed by atoms with Crippen LogP contribution in [0.15, 0.2) is 54.6 Å². The van der Waals surface area contributed by atoms with Crippen molar-refractivity contribution in [1.29, 1.82) is 0 Å². The van der Waals surface area contributed by atoms with Crippen LogP contribution in [0.5, 0.6) is 5.75 Å². The number of nitrogens with zero attached hydrogens (tertiary/aromatic N) is 1. The van der Waals surface area contributed by atoms with E-state index in [1.807, 2.05) is 29.2 Å². The van der Waals surface area contributed by atoms with Gasteiger partial charge in [-0.1, -0.05) is 36.4 Å². The van der Waals surface area contributed by atoms with Crippen LogP contribution in [0.1, 0.15) is 35.7 Å². The van der Waals surface area contributed by atoms with Crippen LogP contribution < -0.4 is 10.1 Å². The lowest BCUT2D eigenvalue weighted by molar-refractivity contribution is -0.149. The van der Waals surface area contributed by atoms with Gasteiger partial charge in [-0.05, 0) is 55.7 Å². The Morgan fingerprint density at radius 2 is 1.84 bits per heavy atom. The molecule has 0 spiro atoms. The highest BCUT2D eigenvalue weighted by Gasteiger charge is 2.27. The Morgan fingerprint density at radius 3 is 2.55 bits per heavy atom. The molecule has 1 heterocycles. The van der Waals surface area contributed by atoms with Crippen LogP contribution in [-0.2, 0) is 16.0 Å². The highest BCUT2D eigenvalue weighted by atomic mass is 32.1. The van der Waals surface area contributed by atoms with Gasteiger partial charge in [-0.25, -0.2) is 0 Å². The SMILES string of the molecule is CCOC(=O)C1CCN(C(=S)NC(=O)c2cccc(OCCc3ccccc3)c2)CC1. The number of nitrogens with one attached hydrogen (secondary N) is 1. The van der Waals surface area contributed by atoms with Crippen molar-refractivity contribution in [2.75, 3.05) is 26.3 Å². The second-order valence-corrected chi connectivity index (χ2v) is 7.77. The van der Waals surface area contributed by atoms with E-state index in [4.69, 9.17) is 21.7 Å². The minimum atomic E-state index is -0.272. The fourth-order valence-electron chi connectivity index (χ4n) is 3.49. The first-order valence-corrected chi connectivity index (χ1v) is 11.0. The molecule has 2 aromatic rings. The molecule has 2 aromatic carbocycles. The first-order chi connectivity index (χ1) is 15.1. The minimum absolute atomic E-state index is 0.0978. The van der Waals surface area contributed by atoms with Gasteiger partial charge < -0.3 is 14.4 Å². The van der Waals surface area contributed by atoms with Crippen molar-refractivity contribution in [3.8, 4) is 5.75 Å². The predicted octanol–water partition coefficient (Wildman–Crippen LogP) is 3.60. The summed E-state index contributed by atoms with van der Waals surface area (Å²) in [6.07, 6.45) is 2.13. The van der Waals surface area contributed by atoms with Gasteiger partial charge in [-0.2, -0.15) is 0 Å². The number of rotatable bonds is 7. The quantitative estimate of drug-likeness (QED) is 0.524. The fourth-order valence-corrected chi connectivity index (χ4v) is 3.76. The molecular formula is C24H28N2O4S. The molecule has 0 atom stereocenters. The molecule has 0 unspecified atom stereocenters. The van der Waals surface area contributed by atoms with Crippen molar-refractivity contribution in [3.05, 3.63) is 65.7 Å². The number of piperidine rings is 1. The Bertz CT molecular complexity index is 895. The molecule has 7 heteroatoms. The van der Waals surface area contributed by atoms with E-state index >= 15 is 0 Å². The average Bonchev–Trinajstić information content (AvgIpc) is 2.80. The second kappa shape index (κ2) is 11.5. The Morgan fingerprint density at radius 1 is 1.10 bits per heavy atom.